The van der Waals surface area contributed by atoms with Crippen LogP contribution in [0.2, 0.25) is 5.02 Å². The Balaban J connectivity index is 1.10. The number of anilines is 1. The summed E-state index contributed by atoms with van der Waals surface area (Å²) >= 11 is 7.71. The van der Waals surface area contributed by atoms with E-state index in [1.54, 1.807) is 38.1 Å². The Morgan fingerprint density at radius 3 is 2.31 bits per heavy atom. The van der Waals surface area contributed by atoms with Gasteiger partial charge in [0.05, 0.1) is 45.0 Å². The van der Waals surface area contributed by atoms with Gasteiger partial charge in [0.25, 0.3) is 0 Å². The van der Waals surface area contributed by atoms with Crippen molar-refractivity contribution in [2.24, 2.45) is 29.2 Å². The number of rotatable bonds is 27. The highest BCUT2D eigenvalue weighted by molar-refractivity contribution is 8.00. The molecule has 28 nitrogen and oxygen atoms in total. The van der Waals surface area contributed by atoms with Crippen LogP contribution in [0.15, 0.2) is 35.9 Å². The summed E-state index contributed by atoms with van der Waals surface area (Å²) in [4.78, 5) is 143. The molecule has 30 heteroatoms. The number of hydrogen-bond donors (Lipinski definition) is 10. The number of carbonyl (C=O) groups excluding carboxylic acids is 10. The molecule has 3 aliphatic heterocycles. The van der Waals surface area contributed by atoms with Crippen molar-refractivity contribution in [3.63, 3.8) is 0 Å². The average molecular weight is 1290 g/mol. The van der Waals surface area contributed by atoms with Crippen LogP contribution in [-0.2, 0) is 73.3 Å². The molecule has 1 aromatic carbocycles. The van der Waals surface area contributed by atoms with Crippen LogP contribution in [0.1, 0.15) is 104 Å². The Bertz CT molecular complexity index is 2820. The lowest BCUT2D eigenvalue weighted by atomic mass is 9.81. The van der Waals surface area contributed by atoms with Crippen LogP contribution >= 0.6 is 23.4 Å². The van der Waals surface area contributed by atoms with Crippen LogP contribution in [-0.4, -0.2) is 200 Å². The second-order valence-corrected chi connectivity index (χ2v) is 24.8. The van der Waals surface area contributed by atoms with E-state index >= 15 is 0 Å². The third kappa shape index (κ3) is 21.0. The molecule has 4 aliphatic rings. The fourth-order valence-electron chi connectivity index (χ4n) is 10.9. The van der Waals surface area contributed by atoms with Gasteiger partial charge in [-0.15, -0.1) is 11.8 Å². The maximum atomic E-state index is 14.4. The molecule has 494 valence electrons. The molecule has 2 saturated heterocycles. The Hall–Kier alpha value is -7.05. The number of carboxylic acids is 1. The lowest BCUT2D eigenvalue weighted by Gasteiger charge is -2.42. The first-order valence-corrected chi connectivity index (χ1v) is 31.0. The van der Waals surface area contributed by atoms with E-state index in [-0.39, 0.29) is 73.8 Å². The number of carbonyl (C=O) groups is 11. The van der Waals surface area contributed by atoms with Gasteiger partial charge >= 0.3 is 18.0 Å². The monoisotopic (exact) mass is 1290 g/mol. The molecule has 0 spiro atoms. The minimum atomic E-state index is -1.91. The van der Waals surface area contributed by atoms with Gasteiger partial charge in [-0.1, -0.05) is 42.3 Å². The number of unbranched alkanes of at least 4 members (excludes halogenated alkanes) is 1. The predicted octanol–water partition coefficient (Wildman–Crippen LogP) is 0.851. The van der Waals surface area contributed by atoms with E-state index in [2.05, 4.69) is 31.9 Å². The smallest absolute Gasteiger partial charge is 0.409 e. The molecule has 3 heterocycles. The molecule has 0 radical (unpaired) electrons. The third-order valence-corrected chi connectivity index (χ3v) is 18.2. The number of benzene rings is 1. The summed E-state index contributed by atoms with van der Waals surface area (Å²) in [5.41, 5.74) is 9.27. The molecular weight excluding hydrogens is 1200 g/mol. The largest absolute Gasteiger partial charge is 0.495 e. The molecule has 2 unspecified atom stereocenters. The lowest BCUT2D eigenvalue weighted by Crippen LogP contribution is -2.63. The molecule has 0 aromatic heterocycles. The zero-order valence-corrected chi connectivity index (χ0v) is 53.2. The number of nitrogens with zero attached hydrogens (tertiary/aromatic N) is 2. The minimum absolute atomic E-state index is 0.0200. The van der Waals surface area contributed by atoms with Crippen molar-refractivity contribution < 1.29 is 86.6 Å². The molecule has 1 aliphatic carbocycles. The summed E-state index contributed by atoms with van der Waals surface area (Å²) in [5, 5.41) is 36.1. The van der Waals surface area contributed by atoms with E-state index in [1.807, 2.05) is 13.0 Å². The number of alkyl carbamates (subject to hydrolysis) is 1. The summed E-state index contributed by atoms with van der Waals surface area (Å²) in [5.74, 6) is -7.01. The molecule has 4 bridgehead atoms. The number of likely N-dealkylation sites (N-methyl/N-ethyl adjacent to an activating group) is 1. The highest BCUT2D eigenvalue weighted by atomic mass is 35.5. The number of fused-ring (bicyclic) bond motifs is 5. The van der Waals surface area contributed by atoms with Crippen LogP contribution in [0.5, 0.6) is 5.75 Å². The molecular formula is C59H87ClN10O18S. The molecule has 5 rings (SSSR count). The summed E-state index contributed by atoms with van der Waals surface area (Å²) in [6, 6.07) is 1.26. The highest BCUT2D eigenvalue weighted by Gasteiger charge is 2.64. The van der Waals surface area contributed by atoms with Gasteiger partial charge in [0, 0.05) is 71.1 Å². The second-order valence-electron chi connectivity index (χ2n) is 23.1. The Labute approximate surface area is 526 Å². The van der Waals surface area contributed by atoms with E-state index < -0.39 is 131 Å². The number of hydrogen-bond acceptors (Lipinski definition) is 19. The van der Waals surface area contributed by atoms with Crippen molar-refractivity contribution >= 4 is 94.3 Å². The van der Waals surface area contributed by atoms with Crippen LogP contribution < -0.4 is 53.0 Å². The summed E-state index contributed by atoms with van der Waals surface area (Å²) < 4.78 is 29.4. The van der Waals surface area contributed by atoms with Crippen LogP contribution in [0.4, 0.5) is 10.5 Å². The molecule has 3 fully saturated rings. The lowest BCUT2D eigenvalue weighted by molar-refractivity contribution is -0.162. The number of nitrogens with two attached hydrogens (primary N) is 2. The third-order valence-electron chi connectivity index (χ3n) is 16.6. The summed E-state index contributed by atoms with van der Waals surface area (Å²) in [7, 11) is 5.74. The first kappa shape index (κ1) is 72.7. The van der Waals surface area contributed by atoms with E-state index in [0.717, 1.165) is 27.8 Å². The number of carboxylic acid groups (broad SMARTS) is 1. The van der Waals surface area contributed by atoms with Crippen molar-refractivity contribution in [1.82, 2.24) is 36.8 Å². The number of aliphatic carboxylic acids is 1. The molecule has 10 atom stereocenters. The number of amides is 9. The Morgan fingerprint density at radius 1 is 0.978 bits per heavy atom. The second kappa shape index (κ2) is 33.7. The highest BCUT2D eigenvalue weighted by Crippen LogP contribution is 2.49. The average Bonchev–Trinajstić information content (AvgIpc) is 1.62. The predicted molar refractivity (Wildman–Crippen MR) is 326 cm³/mol. The maximum Gasteiger partial charge on any atom is 0.409 e. The quantitative estimate of drug-likeness (QED) is 0.0332. The van der Waals surface area contributed by atoms with Gasteiger partial charge < -0.3 is 81.7 Å². The van der Waals surface area contributed by atoms with Crippen molar-refractivity contribution in [2.45, 2.75) is 158 Å². The van der Waals surface area contributed by atoms with Gasteiger partial charge in [0.2, 0.25) is 47.3 Å². The van der Waals surface area contributed by atoms with Crippen LogP contribution in [0.25, 0.3) is 0 Å². The Kier molecular flexibility index (Phi) is 27.5. The molecule has 1 aromatic rings. The SMILES string of the molecule is COc1cc2cc(c1Cl)N(C)C(=O)C[C@H](OC(=O)[C@H](C)N(C)C(=O)CCSC(CC(=O)NCC1CCC(C(=O)NCCCCC(NC(=O)CNC(=O)CNC(=O)CN)C(N)=O)CC1)C(=O)O)[C@]1(C)O[C@H]1[C@H](C)[C@@H]1C[C@@](O)(NC(=O)O1)[C@H](OC)/C=C/C=C(\C)C2. The molecule has 9 amide bonds. The number of primary amides is 1. The van der Waals surface area contributed by atoms with Crippen molar-refractivity contribution in [3.8, 4) is 5.75 Å². The first-order valence-electron chi connectivity index (χ1n) is 29.6. The van der Waals surface area contributed by atoms with E-state index in [4.69, 9.17) is 46.8 Å². The number of thioether (sulfide) groups is 1. The van der Waals surface area contributed by atoms with E-state index in [9.17, 15) is 63.0 Å². The Morgan fingerprint density at radius 2 is 1.66 bits per heavy atom. The number of epoxide rings is 1. The van der Waals surface area contributed by atoms with Crippen molar-refractivity contribution in [1.29, 1.82) is 0 Å². The van der Waals surface area contributed by atoms with Gasteiger partial charge in [-0.2, -0.15) is 0 Å². The van der Waals surface area contributed by atoms with Gasteiger partial charge in [-0.3, -0.25) is 48.5 Å². The number of esters is 1. The van der Waals surface area contributed by atoms with Gasteiger partial charge in [-0.25, -0.2) is 9.59 Å². The van der Waals surface area contributed by atoms with Gasteiger partial charge in [0.1, 0.15) is 52.0 Å². The van der Waals surface area contributed by atoms with E-state index in [0.29, 0.717) is 62.9 Å². The summed E-state index contributed by atoms with van der Waals surface area (Å²) in [6.45, 7) is 6.18. The number of halogens is 1. The summed E-state index contributed by atoms with van der Waals surface area (Å²) in [6.07, 6.45) is 2.96. The number of methoxy groups -OCH3 is 2. The maximum absolute atomic E-state index is 14.4. The van der Waals surface area contributed by atoms with E-state index in [1.165, 1.54) is 40.1 Å². The van der Waals surface area contributed by atoms with Crippen LogP contribution in [0.3, 0.4) is 0 Å². The fraction of sp³-hybridized carbons (Fsp3) is 0.644. The first-order chi connectivity index (χ1) is 42.0. The number of ether oxygens (including phenoxy) is 5. The zero-order valence-electron chi connectivity index (χ0n) is 51.6. The fourth-order valence-corrected chi connectivity index (χ4v) is 12.2. The standard InChI is InChI=1S/C59H87ClN10O18S/c1-32-12-11-14-43(85-8)59(83)27-41(86-57(82)68-59)33(2)52-58(4,88-52)44(26-50(76)70(6)39-23-36(22-32)24-40(84-7)51(39)60)87-56(81)34(3)69(5)49(75)19-21-89-42(55(79)80)25-45(71)64-29-35-15-17-37(18-16-35)54(78)63-20-10-9-13-38(53(62)77)67-48(74)31-66-47(73)30-65-46(72)28-61/h11-12,14,23-24,33-35,37-38,41-44,52,83H,9-10,13,15-22,25-31,61H2,1-8H3,(H2,62,77)(H,63,78)(H,64,71)(H,65,72)(H,66,73)(H,67,74)(H,68,82)(H,79,80)/b14-11+,32-12+/t33-,34+,35?,37?,38?,41+,42?,43-,44+,52+,58+,59+/m1/s1. The zero-order chi connectivity index (χ0) is 65.9. The van der Waals surface area contributed by atoms with Crippen molar-refractivity contribution in [2.75, 3.05) is 71.7 Å². The van der Waals surface area contributed by atoms with Crippen LogP contribution in [0, 0.1) is 17.8 Å². The minimum Gasteiger partial charge on any atom is -0.495 e. The molecule has 89 heavy (non-hydrogen) atoms. The van der Waals surface area contributed by atoms with Gasteiger partial charge in [-0.05, 0) is 95.8 Å². The van der Waals surface area contributed by atoms with Crippen molar-refractivity contribution in [3.05, 3.63) is 46.5 Å². The number of aliphatic hydroxyl groups is 1. The molecule has 12 N–H and O–H groups in total. The number of nitrogens with one attached hydrogen (secondary N) is 6. The number of allylic oxidation sites excluding steroid dienone is 3. The normalized spacial score (nSPS) is 26.3. The molecule has 1 saturated carbocycles. The van der Waals surface area contributed by atoms with Gasteiger partial charge in [0.15, 0.2) is 5.72 Å². The topological polar surface area (TPSA) is 408 Å².